The fraction of sp³-hybridized carbons (Fsp3) is 0.100. The normalized spacial score (nSPS) is 10.3. The summed E-state index contributed by atoms with van der Waals surface area (Å²) in [5.74, 6) is 0.252. The zero-order valence-corrected chi connectivity index (χ0v) is 8.85. The molecule has 0 aliphatic heterocycles. The number of nitro groups is 1. The van der Waals surface area contributed by atoms with Crippen LogP contribution in [-0.4, -0.2) is 10.1 Å². The van der Waals surface area contributed by atoms with Gasteiger partial charge in [-0.25, -0.2) is 0 Å². The molecule has 16 heavy (non-hydrogen) atoms. The number of halogens is 1. The Balaban J connectivity index is 2.48. The molecule has 6 heteroatoms. The lowest BCUT2D eigenvalue weighted by Crippen LogP contribution is -1.89. The van der Waals surface area contributed by atoms with Gasteiger partial charge in [-0.05, 0) is 0 Å². The van der Waals surface area contributed by atoms with Gasteiger partial charge in [0.15, 0.2) is 0 Å². The lowest BCUT2D eigenvalue weighted by molar-refractivity contribution is -0.384. The van der Waals surface area contributed by atoms with Crippen molar-refractivity contribution in [2.45, 2.75) is 5.88 Å². The van der Waals surface area contributed by atoms with Crippen LogP contribution in [0.25, 0.3) is 11.3 Å². The van der Waals surface area contributed by atoms with Crippen molar-refractivity contribution in [3.8, 4) is 11.3 Å². The number of hydrogen-bond donors (Lipinski definition) is 0. The van der Waals surface area contributed by atoms with Gasteiger partial charge in [0.05, 0.1) is 10.8 Å². The fourth-order valence-corrected chi connectivity index (χ4v) is 1.55. The van der Waals surface area contributed by atoms with Gasteiger partial charge in [0, 0.05) is 23.3 Å². The summed E-state index contributed by atoms with van der Waals surface area (Å²) in [6.45, 7) is 0. The third-order valence-corrected chi connectivity index (χ3v) is 2.41. The quantitative estimate of drug-likeness (QED) is 0.468. The number of aromatic nitrogens is 1. The van der Waals surface area contributed by atoms with E-state index in [0.717, 1.165) is 0 Å². The Morgan fingerprint density at radius 2 is 2.31 bits per heavy atom. The minimum Gasteiger partial charge on any atom is -0.364 e. The molecule has 0 radical (unpaired) electrons. The molecular formula is C10H7ClN2O3. The number of hydrogen-bond acceptors (Lipinski definition) is 4. The van der Waals surface area contributed by atoms with Crippen molar-refractivity contribution in [1.82, 2.24) is 5.16 Å². The Hall–Kier alpha value is -1.88. The van der Waals surface area contributed by atoms with Gasteiger partial charge >= 0.3 is 0 Å². The molecule has 82 valence electrons. The van der Waals surface area contributed by atoms with Gasteiger partial charge in [-0.15, -0.1) is 11.6 Å². The molecule has 1 aromatic heterocycles. The predicted molar refractivity (Wildman–Crippen MR) is 58.2 cm³/mol. The molecule has 0 amide bonds. The Bertz CT molecular complexity index is 524. The van der Waals surface area contributed by atoms with E-state index >= 15 is 0 Å². The summed E-state index contributed by atoms with van der Waals surface area (Å²) < 4.78 is 4.79. The maximum Gasteiger partial charge on any atom is 0.270 e. The first kappa shape index (κ1) is 10.6. The molecule has 0 saturated carbocycles. The van der Waals surface area contributed by atoms with Crippen molar-refractivity contribution in [1.29, 1.82) is 0 Å². The number of nitro benzene ring substituents is 1. The third-order valence-electron chi connectivity index (χ3n) is 2.12. The van der Waals surface area contributed by atoms with Gasteiger partial charge in [-0.2, -0.15) is 0 Å². The summed E-state index contributed by atoms with van der Waals surface area (Å²) >= 11 is 5.69. The van der Waals surface area contributed by atoms with Gasteiger partial charge in [-0.1, -0.05) is 17.3 Å². The second kappa shape index (κ2) is 4.32. The minimum absolute atomic E-state index is 0.0148. The molecule has 2 aromatic rings. The first-order valence-electron chi connectivity index (χ1n) is 4.46. The highest BCUT2D eigenvalue weighted by Crippen LogP contribution is 2.26. The van der Waals surface area contributed by atoms with Crippen LogP contribution in [0, 0.1) is 10.1 Å². The smallest absolute Gasteiger partial charge is 0.270 e. The average Bonchev–Trinajstić information content (AvgIpc) is 2.77. The summed E-state index contributed by atoms with van der Waals surface area (Å²) in [5, 5.41) is 14.4. The number of benzene rings is 1. The van der Waals surface area contributed by atoms with E-state index in [-0.39, 0.29) is 11.6 Å². The van der Waals surface area contributed by atoms with Crippen LogP contribution in [-0.2, 0) is 5.88 Å². The van der Waals surface area contributed by atoms with Crippen LogP contribution in [0.15, 0.2) is 35.1 Å². The molecule has 0 fully saturated rings. The number of non-ortho nitro benzene ring substituents is 1. The third kappa shape index (κ3) is 1.90. The Kier molecular flexibility index (Phi) is 2.87. The molecule has 1 aromatic carbocycles. The molecule has 0 aliphatic carbocycles. The summed E-state index contributed by atoms with van der Waals surface area (Å²) in [6.07, 6.45) is 1.43. The van der Waals surface area contributed by atoms with E-state index in [0.29, 0.717) is 16.8 Å². The summed E-state index contributed by atoms with van der Waals surface area (Å²) in [4.78, 5) is 10.2. The molecule has 0 saturated heterocycles. The molecule has 0 spiro atoms. The van der Waals surface area contributed by atoms with Gasteiger partial charge < -0.3 is 4.52 Å². The Morgan fingerprint density at radius 1 is 1.50 bits per heavy atom. The van der Waals surface area contributed by atoms with Crippen LogP contribution in [0.5, 0.6) is 0 Å². The molecule has 0 bridgehead atoms. The van der Waals surface area contributed by atoms with Crippen LogP contribution in [0.1, 0.15) is 5.56 Å². The summed E-state index contributed by atoms with van der Waals surface area (Å²) in [7, 11) is 0. The van der Waals surface area contributed by atoms with Gasteiger partial charge in [0.1, 0.15) is 12.0 Å². The largest absolute Gasteiger partial charge is 0.364 e. The number of rotatable bonds is 3. The van der Waals surface area contributed by atoms with Crippen molar-refractivity contribution in [3.63, 3.8) is 0 Å². The molecule has 2 rings (SSSR count). The highest BCUT2D eigenvalue weighted by atomic mass is 35.5. The maximum absolute atomic E-state index is 10.6. The lowest BCUT2D eigenvalue weighted by Gasteiger charge is -1.98. The molecule has 0 aliphatic rings. The van der Waals surface area contributed by atoms with E-state index in [2.05, 4.69) is 5.16 Å². The van der Waals surface area contributed by atoms with Crippen molar-refractivity contribution in [3.05, 3.63) is 46.2 Å². The molecule has 5 nitrogen and oxygen atoms in total. The topological polar surface area (TPSA) is 69.2 Å². The molecular weight excluding hydrogens is 232 g/mol. The first-order valence-corrected chi connectivity index (χ1v) is 5.00. The second-order valence-corrected chi connectivity index (χ2v) is 3.40. The van der Waals surface area contributed by atoms with Crippen LogP contribution in [0.3, 0.4) is 0 Å². The van der Waals surface area contributed by atoms with Gasteiger partial charge in [-0.3, -0.25) is 10.1 Å². The monoisotopic (exact) mass is 238 g/mol. The zero-order valence-electron chi connectivity index (χ0n) is 8.09. The molecule has 0 N–H and O–H groups in total. The van der Waals surface area contributed by atoms with Gasteiger partial charge in [0.25, 0.3) is 5.69 Å². The van der Waals surface area contributed by atoms with Crippen molar-refractivity contribution in [2.75, 3.05) is 0 Å². The van der Waals surface area contributed by atoms with Crippen molar-refractivity contribution in [2.24, 2.45) is 0 Å². The second-order valence-electron chi connectivity index (χ2n) is 3.13. The van der Waals surface area contributed by atoms with Crippen molar-refractivity contribution < 1.29 is 9.45 Å². The van der Waals surface area contributed by atoms with Crippen LogP contribution >= 0.6 is 11.6 Å². The summed E-state index contributed by atoms with van der Waals surface area (Å²) in [5.41, 5.74) is 1.89. The minimum atomic E-state index is -0.454. The van der Waals surface area contributed by atoms with E-state index < -0.39 is 4.92 Å². The molecule has 0 unspecified atom stereocenters. The van der Waals surface area contributed by atoms with Crippen LogP contribution in [0.4, 0.5) is 5.69 Å². The highest BCUT2D eigenvalue weighted by Gasteiger charge is 2.12. The van der Waals surface area contributed by atoms with Crippen molar-refractivity contribution >= 4 is 17.3 Å². The number of alkyl halides is 1. The van der Waals surface area contributed by atoms with E-state index in [1.807, 2.05) is 0 Å². The highest BCUT2D eigenvalue weighted by molar-refractivity contribution is 6.17. The average molecular weight is 239 g/mol. The van der Waals surface area contributed by atoms with E-state index in [4.69, 9.17) is 16.1 Å². The molecule has 0 atom stereocenters. The number of nitrogens with zero attached hydrogens (tertiary/aromatic N) is 2. The lowest BCUT2D eigenvalue weighted by atomic mass is 10.1. The first-order chi connectivity index (χ1) is 7.72. The van der Waals surface area contributed by atoms with Crippen LogP contribution < -0.4 is 0 Å². The maximum atomic E-state index is 10.6. The SMILES string of the molecule is O=[N+]([O-])c1cccc(-c2nocc2CCl)c1. The predicted octanol–water partition coefficient (Wildman–Crippen LogP) is 2.99. The molecule has 1 heterocycles. The van der Waals surface area contributed by atoms with Crippen LogP contribution in [0.2, 0.25) is 0 Å². The Morgan fingerprint density at radius 3 is 3.00 bits per heavy atom. The fourth-order valence-electron chi connectivity index (χ4n) is 1.36. The summed E-state index contributed by atoms with van der Waals surface area (Å²) in [6, 6.07) is 6.18. The Labute approximate surface area is 95.8 Å². The standard InChI is InChI=1S/C10H7ClN2O3/c11-5-8-6-16-12-10(8)7-2-1-3-9(4-7)13(14)15/h1-4,6H,5H2. The van der Waals surface area contributed by atoms with E-state index in [1.165, 1.54) is 18.4 Å². The van der Waals surface area contributed by atoms with E-state index in [9.17, 15) is 10.1 Å². The zero-order chi connectivity index (χ0) is 11.5. The van der Waals surface area contributed by atoms with Gasteiger partial charge in [0.2, 0.25) is 0 Å². The van der Waals surface area contributed by atoms with E-state index in [1.54, 1.807) is 12.1 Å².